The van der Waals surface area contributed by atoms with Crippen LogP contribution in [0.5, 0.6) is 0 Å². The summed E-state index contributed by atoms with van der Waals surface area (Å²) in [4.78, 5) is 14.4. The van der Waals surface area contributed by atoms with Crippen molar-refractivity contribution in [3.63, 3.8) is 0 Å². The second kappa shape index (κ2) is 9.07. The van der Waals surface area contributed by atoms with E-state index in [4.69, 9.17) is 0 Å². The Morgan fingerprint density at radius 2 is 1.92 bits per heavy atom. The summed E-state index contributed by atoms with van der Waals surface area (Å²) >= 11 is 1.44. The molecule has 2 heterocycles. The third-order valence-electron chi connectivity index (χ3n) is 4.62. The fraction of sp³-hybridized carbons (Fsp3) is 0.526. The van der Waals surface area contributed by atoms with Crippen molar-refractivity contribution in [2.24, 2.45) is 0 Å². The number of amides is 1. The highest BCUT2D eigenvalue weighted by Crippen LogP contribution is 2.28. The molecule has 1 aliphatic rings. The highest BCUT2D eigenvalue weighted by Gasteiger charge is 2.22. The molecule has 2 aromatic rings. The van der Waals surface area contributed by atoms with Gasteiger partial charge in [0.2, 0.25) is 11.9 Å². The molecule has 140 valence electrons. The Bertz CT molecular complexity index is 712. The Kier molecular flexibility index (Phi) is 6.55. The molecule has 7 heteroatoms. The summed E-state index contributed by atoms with van der Waals surface area (Å²) in [5.74, 6) is 1.25. The van der Waals surface area contributed by atoms with Crippen LogP contribution in [0.15, 0.2) is 35.5 Å². The fourth-order valence-corrected chi connectivity index (χ4v) is 3.76. The summed E-state index contributed by atoms with van der Waals surface area (Å²) in [6.07, 6.45) is 4.56. The molecule has 1 aromatic heterocycles. The number of hydrogen-bond donors (Lipinski definition) is 1. The summed E-state index contributed by atoms with van der Waals surface area (Å²) in [5, 5.41) is 12.6. The van der Waals surface area contributed by atoms with Crippen LogP contribution < -0.4 is 10.2 Å². The molecule has 0 saturated carbocycles. The van der Waals surface area contributed by atoms with Gasteiger partial charge >= 0.3 is 0 Å². The lowest BCUT2D eigenvalue weighted by Gasteiger charge is -2.27. The van der Waals surface area contributed by atoms with Gasteiger partial charge in [-0.25, -0.2) is 0 Å². The topological polar surface area (TPSA) is 63.1 Å². The lowest BCUT2D eigenvalue weighted by atomic mass is 10.1. The van der Waals surface area contributed by atoms with Crippen molar-refractivity contribution >= 4 is 23.6 Å². The van der Waals surface area contributed by atoms with E-state index >= 15 is 0 Å². The van der Waals surface area contributed by atoms with Crippen LogP contribution >= 0.6 is 11.8 Å². The minimum absolute atomic E-state index is 0.0338. The Hall–Kier alpha value is -2.02. The SMILES string of the molecule is CC[C@@H](C)NC(=O)CSc1nnc(N2CCCCC2)n1-c1ccccc1. The largest absolute Gasteiger partial charge is 0.353 e. The van der Waals surface area contributed by atoms with E-state index in [0.717, 1.165) is 36.3 Å². The van der Waals surface area contributed by atoms with Crippen molar-refractivity contribution in [2.45, 2.75) is 50.7 Å². The van der Waals surface area contributed by atoms with Crippen LogP contribution in [0.4, 0.5) is 5.95 Å². The van der Waals surface area contributed by atoms with E-state index in [0.29, 0.717) is 5.75 Å². The molecule has 0 unspecified atom stereocenters. The van der Waals surface area contributed by atoms with Gasteiger partial charge in [0, 0.05) is 19.1 Å². The predicted molar refractivity (Wildman–Crippen MR) is 106 cm³/mol. The number of nitrogens with one attached hydrogen (secondary N) is 1. The number of rotatable bonds is 7. The standard InChI is InChI=1S/C19H27N5OS/c1-3-15(2)20-17(25)14-26-19-22-21-18(23-12-8-5-9-13-23)24(19)16-10-6-4-7-11-16/h4,6-7,10-11,15H,3,5,8-9,12-14H2,1-2H3,(H,20,25)/t15-/m1/s1. The molecular formula is C19H27N5OS. The van der Waals surface area contributed by atoms with Gasteiger partial charge in [-0.15, -0.1) is 10.2 Å². The molecular weight excluding hydrogens is 346 g/mol. The summed E-state index contributed by atoms with van der Waals surface area (Å²) < 4.78 is 2.08. The first-order valence-corrected chi connectivity index (χ1v) is 10.4. The smallest absolute Gasteiger partial charge is 0.232 e. The molecule has 1 amide bonds. The lowest BCUT2D eigenvalue weighted by molar-refractivity contribution is -0.119. The number of nitrogens with zero attached hydrogens (tertiary/aromatic N) is 4. The van der Waals surface area contributed by atoms with Gasteiger partial charge < -0.3 is 10.2 Å². The number of hydrogen-bond acceptors (Lipinski definition) is 5. The number of piperidine rings is 1. The van der Waals surface area contributed by atoms with E-state index in [1.54, 1.807) is 0 Å². The normalized spacial score (nSPS) is 15.7. The van der Waals surface area contributed by atoms with Gasteiger partial charge in [-0.2, -0.15) is 0 Å². The van der Waals surface area contributed by atoms with Crippen LogP contribution in [0, 0.1) is 0 Å². The minimum Gasteiger partial charge on any atom is -0.353 e. The highest BCUT2D eigenvalue weighted by molar-refractivity contribution is 7.99. The molecule has 0 radical (unpaired) electrons. The molecule has 3 rings (SSSR count). The van der Waals surface area contributed by atoms with E-state index in [-0.39, 0.29) is 11.9 Å². The number of carbonyl (C=O) groups excluding carboxylic acids is 1. The maximum Gasteiger partial charge on any atom is 0.232 e. The van der Waals surface area contributed by atoms with E-state index < -0.39 is 0 Å². The zero-order chi connectivity index (χ0) is 18.4. The molecule has 26 heavy (non-hydrogen) atoms. The molecule has 1 atom stereocenters. The predicted octanol–water partition coefficient (Wildman–Crippen LogP) is 3.26. The van der Waals surface area contributed by atoms with E-state index in [1.807, 2.05) is 25.1 Å². The number of anilines is 1. The summed E-state index contributed by atoms with van der Waals surface area (Å²) in [6, 6.07) is 10.3. The van der Waals surface area contributed by atoms with E-state index in [1.165, 1.54) is 31.0 Å². The third-order valence-corrected chi connectivity index (χ3v) is 5.55. The van der Waals surface area contributed by atoms with Gasteiger partial charge in [0.25, 0.3) is 0 Å². The molecule has 0 bridgehead atoms. The van der Waals surface area contributed by atoms with Crippen LogP contribution in [0.2, 0.25) is 0 Å². The van der Waals surface area contributed by atoms with Gasteiger partial charge in [0.15, 0.2) is 5.16 Å². The first kappa shape index (κ1) is 18.8. The number of benzene rings is 1. The maximum absolute atomic E-state index is 12.1. The molecule has 6 nitrogen and oxygen atoms in total. The van der Waals surface area contributed by atoms with Crippen molar-refractivity contribution in [1.82, 2.24) is 20.1 Å². The molecule has 1 N–H and O–H groups in total. The number of thioether (sulfide) groups is 1. The second-order valence-electron chi connectivity index (χ2n) is 6.67. The van der Waals surface area contributed by atoms with Crippen molar-refractivity contribution in [2.75, 3.05) is 23.7 Å². The number of para-hydroxylation sites is 1. The Balaban J connectivity index is 1.81. The summed E-state index contributed by atoms with van der Waals surface area (Å²) in [7, 11) is 0. The first-order valence-electron chi connectivity index (χ1n) is 9.37. The molecule has 1 aliphatic heterocycles. The number of aromatic nitrogens is 3. The van der Waals surface area contributed by atoms with Crippen molar-refractivity contribution < 1.29 is 4.79 Å². The van der Waals surface area contributed by atoms with Crippen LogP contribution in [0.25, 0.3) is 5.69 Å². The quantitative estimate of drug-likeness (QED) is 0.755. The van der Waals surface area contributed by atoms with E-state index in [2.05, 4.69) is 44.0 Å². The Labute approximate surface area is 159 Å². The van der Waals surface area contributed by atoms with Crippen LogP contribution in [0.3, 0.4) is 0 Å². The number of carbonyl (C=O) groups is 1. The minimum atomic E-state index is 0.0338. The third kappa shape index (κ3) is 4.58. The molecule has 1 saturated heterocycles. The summed E-state index contributed by atoms with van der Waals surface area (Å²) in [5.41, 5.74) is 1.03. The van der Waals surface area contributed by atoms with Gasteiger partial charge in [0.05, 0.1) is 11.4 Å². The van der Waals surface area contributed by atoms with Crippen LogP contribution in [-0.2, 0) is 4.79 Å². The average molecular weight is 374 g/mol. The molecule has 0 aliphatic carbocycles. The zero-order valence-corrected chi connectivity index (χ0v) is 16.3. The van der Waals surface area contributed by atoms with Crippen molar-refractivity contribution in [1.29, 1.82) is 0 Å². The Morgan fingerprint density at radius 3 is 2.62 bits per heavy atom. The van der Waals surface area contributed by atoms with Gasteiger partial charge in [-0.05, 0) is 44.7 Å². The summed E-state index contributed by atoms with van der Waals surface area (Å²) in [6.45, 7) is 6.09. The zero-order valence-electron chi connectivity index (χ0n) is 15.5. The Morgan fingerprint density at radius 1 is 1.19 bits per heavy atom. The van der Waals surface area contributed by atoms with Crippen molar-refractivity contribution in [3.8, 4) is 5.69 Å². The maximum atomic E-state index is 12.1. The van der Waals surface area contributed by atoms with Gasteiger partial charge in [0.1, 0.15) is 0 Å². The van der Waals surface area contributed by atoms with Gasteiger partial charge in [-0.1, -0.05) is 36.9 Å². The second-order valence-corrected chi connectivity index (χ2v) is 7.61. The lowest BCUT2D eigenvalue weighted by Crippen LogP contribution is -2.33. The first-order chi connectivity index (χ1) is 12.7. The molecule has 0 spiro atoms. The van der Waals surface area contributed by atoms with Gasteiger partial charge in [-0.3, -0.25) is 9.36 Å². The molecule has 1 fully saturated rings. The van der Waals surface area contributed by atoms with Crippen molar-refractivity contribution in [3.05, 3.63) is 30.3 Å². The van der Waals surface area contributed by atoms with E-state index in [9.17, 15) is 4.79 Å². The fourth-order valence-electron chi connectivity index (χ4n) is 3.01. The molecule has 1 aromatic carbocycles. The monoisotopic (exact) mass is 373 g/mol. The highest BCUT2D eigenvalue weighted by atomic mass is 32.2. The van der Waals surface area contributed by atoms with Crippen LogP contribution in [-0.4, -0.2) is 45.6 Å². The average Bonchev–Trinajstić information content (AvgIpc) is 3.11. The van der Waals surface area contributed by atoms with Crippen LogP contribution in [0.1, 0.15) is 39.5 Å².